The van der Waals surface area contributed by atoms with Gasteiger partial charge in [0, 0.05) is 18.9 Å². The molecule has 0 saturated carbocycles. The SMILES string of the molecule is O=C1CC(CO)NC(C(=O)O)C1. The maximum Gasteiger partial charge on any atom is 0.321 e. The van der Waals surface area contributed by atoms with Crippen LogP contribution < -0.4 is 5.32 Å². The summed E-state index contributed by atoms with van der Waals surface area (Å²) in [5.74, 6) is -1.15. The van der Waals surface area contributed by atoms with Gasteiger partial charge in [0.2, 0.25) is 0 Å². The number of piperidine rings is 1. The van der Waals surface area contributed by atoms with E-state index in [2.05, 4.69) is 5.32 Å². The molecule has 2 unspecified atom stereocenters. The van der Waals surface area contributed by atoms with Gasteiger partial charge >= 0.3 is 5.97 Å². The minimum absolute atomic E-state index is 0.0197. The van der Waals surface area contributed by atoms with Crippen molar-refractivity contribution in [3.05, 3.63) is 0 Å². The Kier molecular flexibility index (Phi) is 2.78. The second kappa shape index (κ2) is 3.64. The first-order chi connectivity index (χ1) is 5.63. The highest BCUT2D eigenvalue weighted by atomic mass is 16.4. The molecule has 5 nitrogen and oxygen atoms in total. The summed E-state index contributed by atoms with van der Waals surface area (Å²) in [5.41, 5.74) is 0. The van der Waals surface area contributed by atoms with Crippen molar-refractivity contribution in [1.29, 1.82) is 0 Å². The highest BCUT2D eigenvalue weighted by Gasteiger charge is 2.30. The minimum atomic E-state index is -1.04. The number of hydrogen-bond donors (Lipinski definition) is 3. The molecule has 0 spiro atoms. The lowest BCUT2D eigenvalue weighted by molar-refractivity contribution is -0.143. The second-order valence-corrected chi connectivity index (χ2v) is 2.88. The molecule has 5 heteroatoms. The van der Waals surface area contributed by atoms with Gasteiger partial charge in [-0.3, -0.25) is 14.9 Å². The topological polar surface area (TPSA) is 86.6 Å². The molecule has 0 aromatic heterocycles. The van der Waals surface area contributed by atoms with E-state index in [1.807, 2.05) is 0 Å². The van der Waals surface area contributed by atoms with E-state index in [-0.39, 0.29) is 25.2 Å². The molecule has 1 aliphatic heterocycles. The number of aliphatic carboxylic acids is 1. The Bertz CT molecular complexity index is 204. The van der Waals surface area contributed by atoms with Crippen molar-refractivity contribution in [3.8, 4) is 0 Å². The van der Waals surface area contributed by atoms with Gasteiger partial charge in [-0.15, -0.1) is 0 Å². The zero-order valence-electron chi connectivity index (χ0n) is 6.49. The molecule has 2 atom stereocenters. The Balaban J connectivity index is 2.56. The molecule has 12 heavy (non-hydrogen) atoms. The Morgan fingerprint density at radius 2 is 2.25 bits per heavy atom. The molecule has 1 heterocycles. The van der Waals surface area contributed by atoms with Crippen molar-refractivity contribution in [3.63, 3.8) is 0 Å². The van der Waals surface area contributed by atoms with E-state index < -0.39 is 18.1 Å². The van der Waals surface area contributed by atoms with Crippen LogP contribution in [0.5, 0.6) is 0 Å². The summed E-state index contributed by atoms with van der Waals surface area (Å²) in [6, 6.07) is -1.23. The number of carboxylic acid groups (broad SMARTS) is 1. The molecule has 0 aromatic carbocycles. The van der Waals surface area contributed by atoms with Crippen LogP contribution >= 0.6 is 0 Å². The Hall–Kier alpha value is -0.940. The summed E-state index contributed by atoms with van der Waals surface area (Å²) in [5, 5.41) is 19.9. The van der Waals surface area contributed by atoms with Crippen molar-refractivity contribution in [1.82, 2.24) is 5.32 Å². The van der Waals surface area contributed by atoms with E-state index in [9.17, 15) is 9.59 Å². The molecule has 3 N–H and O–H groups in total. The van der Waals surface area contributed by atoms with Gasteiger partial charge in [-0.1, -0.05) is 0 Å². The second-order valence-electron chi connectivity index (χ2n) is 2.88. The smallest absolute Gasteiger partial charge is 0.321 e. The summed E-state index contributed by atoms with van der Waals surface area (Å²) in [4.78, 5) is 21.4. The number of carboxylic acids is 1. The lowest BCUT2D eigenvalue weighted by Crippen LogP contribution is -2.51. The van der Waals surface area contributed by atoms with Crippen LogP contribution in [0.2, 0.25) is 0 Å². The zero-order valence-corrected chi connectivity index (χ0v) is 6.49. The summed E-state index contributed by atoms with van der Waals surface area (Å²) in [6.45, 7) is -0.199. The molecular formula is C7H11NO4. The average molecular weight is 173 g/mol. The summed E-state index contributed by atoms with van der Waals surface area (Å²) in [6.07, 6.45) is 0.242. The van der Waals surface area contributed by atoms with Gasteiger partial charge in [-0.25, -0.2) is 0 Å². The normalized spacial score (nSPS) is 30.2. The number of ketones is 1. The van der Waals surface area contributed by atoms with E-state index in [0.29, 0.717) is 0 Å². The van der Waals surface area contributed by atoms with Crippen LogP contribution in [0, 0.1) is 0 Å². The molecule has 0 amide bonds. The first-order valence-electron chi connectivity index (χ1n) is 3.75. The van der Waals surface area contributed by atoms with Crippen molar-refractivity contribution in [2.24, 2.45) is 0 Å². The highest BCUT2D eigenvalue weighted by Crippen LogP contribution is 2.08. The number of rotatable bonds is 2. The van der Waals surface area contributed by atoms with Gasteiger partial charge in [0.25, 0.3) is 0 Å². The molecule has 1 aliphatic rings. The van der Waals surface area contributed by atoms with Gasteiger partial charge in [0.05, 0.1) is 6.61 Å². The van der Waals surface area contributed by atoms with E-state index in [1.165, 1.54) is 0 Å². The lowest BCUT2D eigenvalue weighted by atomic mass is 9.98. The molecule has 68 valence electrons. The Morgan fingerprint density at radius 3 is 2.75 bits per heavy atom. The Morgan fingerprint density at radius 1 is 1.58 bits per heavy atom. The first kappa shape index (κ1) is 9.15. The summed E-state index contributed by atoms with van der Waals surface area (Å²) < 4.78 is 0. The van der Waals surface area contributed by atoms with Gasteiger partial charge < -0.3 is 10.2 Å². The van der Waals surface area contributed by atoms with Gasteiger partial charge in [-0.05, 0) is 0 Å². The predicted molar refractivity (Wildman–Crippen MR) is 39.7 cm³/mol. The Labute approximate surface area is 69.4 Å². The molecule has 0 aliphatic carbocycles. The number of hydrogen-bond acceptors (Lipinski definition) is 4. The fraction of sp³-hybridized carbons (Fsp3) is 0.714. The van der Waals surface area contributed by atoms with E-state index >= 15 is 0 Å². The number of Topliss-reactive ketones (excluding diaryl/α,β-unsaturated/α-hetero) is 1. The molecule has 0 aromatic rings. The summed E-state index contributed by atoms with van der Waals surface area (Å²) in [7, 11) is 0. The molecule has 1 fully saturated rings. The maximum atomic E-state index is 10.9. The van der Waals surface area contributed by atoms with Crippen molar-refractivity contribution in [2.75, 3.05) is 6.61 Å². The van der Waals surface area contributed by atoms with E-state index in [4.69, 9.17) is 10.2 Å². The lowest BCUT2D eigenvalue weighted by Gasteiger charge is -2.25. The largest absolute Gasteiger partial charge is 0.480 e. The molecule has 1 rings (SSSR count). The van der Waals surface area contributed by atoms with E-state index in [0.717, 1.165) is 0 Å². The first-order valence-corrected chi connectivity index (χ1v) is 3.75. The van der Waals surface area contributed by atoms with Crippen molar-refractivity contribution in [2.45, 2.75) is 24.9 Å². The van der Waals surface area contributed by atoms with Crippen LogP contribution in [-0.4, -0.2) is 40.7 Å². The van der Waals surface area contributed by atoms with Crippen LogP contribution in [0.4, 0.5) is 0 Å². The standard InChI is InChI=1S/C7H11NO4/c9-3-4-1-5(10)2-6(8-4)7(11)12/h4,6,8-9H,1-3H2,(H,11,12). The van der Waals surface area contributed by atoms with Crippen LogP contribution in [0.1, 0.15) is 12.8 Å². The minimum Gasteiger partial charge on any atom is -0.480 e. The molecule has 0 bridgehead atoms. The quantitative estimate of drug-likeness (QED) is 0.486. The van der Waals surface area contributed by atoms with Crippen molar-refractivity contribution >= 4 is 11.8 Å². The van der Waals surface area contributed by atoms with Gasteiger partial charge in [0.1, 0.15) is 11.8 Å². The zero-order chi connectivity index (χ0) is 9.14. The third-order valence-electron chi connectivity index (χ3n) is 1.86. The maximum absolute atomic E-state index is 10.9. The third kappa shape index (κ3) is 2.02. The monoisotopic (exact) mass is 173 g/mol. The average Bonchev–Trinajstić information content (AvgIpc) is 2.03. The number of carbonyl (C=O) groups excluding carboxylic acids is 1. The number of aliphatic hydroxyl groups excluding tert-OH is 1. The van der Waals surface area contributed by atoms with Crippen LogP contribution in [0.15, 0.2) is 0 Å². The van der Waals surface area contributed by atoms with Crippen LogP contribution in [-0.2, 0) is 9.59 Å². The molecular weight excluding hydrogens is 162 g/mol. The number of nitrogens with one attached hydrogen (secondary N) is 1. The van der Waals surface area contributed by atoms with Gasteiger partial charge in [-0.2, -0.15) is 0 Å². The fourth-order valence-corrected chi connectivity index (χ4v) is 1.26. The number of carbonyl (C=O) groups is 2. The molecule has 0 radical (unpaired) electrons. The van der Waals surface area contributed by atoms with Crippen molar-refractivity contribution < 1.29 is 19.8 Å². The van der Waals surface area contributed by atoms with E-state index in [1.54, 1.807) is 0 Å². The molecule has 1 saturated heterocycles. The fourth-order valence-electron chi connectivity index (χ4n) is 1.26. The van der Waals surface area contributed by atoms with Crippen LogP contribution in [0.25, 0.3) is 0 Å². The number of aliphatic hydroxyl groups is 1. The third-order valence-corrected chi connectivity index (χ3v) is 1.86. The predicted octanol–water partition coefficient (Wildman–Crippen LogP) is -1.25. The van der Waals surface area contributed by atoms with Crippen LogP contribution in [0.3, 0.4) is 0 Å². The van der Waals surface area contributed by atoms with Gasteiger partial charge in [0.15, 0.2) is 0 Å². The summed E-state index contributed by atoms with van der Waals surface area (Å²) >= 11 is 0. The highest BCUT2D eigenvalue weighted by molar-refractivity contribution is 5.87.